The Morgan fingerprint density at radius 3 is 2.69 bits per heavy atom. The van der Waals surface area contributed by atoms with Gasteiger partial charge >= 0.3 is 5.76 Å². The highest BCUT2D eigenvalue weighted by molar-refractivity contribution is 7.89. The number of aromatic nitrogens is 1. The summed E-state index contributed by atoms with van der Waals surface area (Å²) in [5.74, 6) is -0.662. The molecule has 0 radical (unpaired) electrons. The van der Waals surface area contributed by atoms with Crippen LogP contribution < -0.4 is 20.5 Å². The smallest absolute Gasteiger partial charge is 0.420 e. The number of hydrogen-bond acceptors (Lipinski definition) is 6. The number of rotatable bonds is 8. The first-order valence-electron chi connectivity index (χ1n) is 10.5. The van der Waals surface area contributed by atoms with E-state index in [1.807, 2.05) is 6.92 Å². The summed E-state index contributed by atoms with van der Waals surface area (Å²) in [7, 11) is -3.73. The summed E-state index contributed by atoms with van der Waals surface area (Å²) in [6, 6.07) is 11.1. The molecule has 9 nitrogen and oxygen atoms in total. The number of nitrogens with one attached hydrogen (secondary N) is 2. The number of carbonyl (C=O) groups excluding carboxylic acids is 1. The topological polar surface area (TPSA) is 120 Å². The fourth-order valence-corrected chi connectivity index (χ4v) is 5.20. The Kier molecular flexibility index (Phi) is 6.33. The summed E-state index contributed by atoms with van der Waals surface area (Å²) in [4.78, 5) is 25.0. The van der Waals surface area contributed by atoms with Crippen LogP contribution in [-0.2, 0) is 21.4 Å². The Balaban J connectivity index is 1.54. The molecular formula is C22H25N3O6S. The zero-order valence-corrected chi connectivity index (χ0v) is 18.5. The number of nitrogens with zero attached hydrogens (tertiary/aromatic N) is 1. The van der Waals surface area contributed by atoms with E-state index in [4.69, 9.17) is 9.15 Å². The fraction of sp³-hybridized carbons (Fsp3) is 0.364. The highest BCUT2D eigenvalue weighted by Gasteiger charge is 2.24. The van der Waals surface area contributed by atoms with E-state index in [1.165, 1.54) is 18.2 Å². The van der Waals surface area contributed by atoms with E-state index in [2.05, 4.69) is 10.0 Å². The third-order valence-corrected chi connectivity index (χ3v) is 6.91. The predicted octanol–water partition coefficient (Wildman–Crippen LogP) is 2.85. The Morgan fingerprint density at radius 1 is 1.19 bits per heavy atom. The lowest BCUT2D eigenvalue weighted by Gasteiger charge is -2.12. The third kappa shape index (κ3) is 4.71. The molecule has 1 fully saturated rings. The van der Waals surface area contributed by atoms with E-state index in [0.29, 0.717) is 23.6 Å². The monoisotopic (exact) mass is 459 g/mol. The summed E-state index contributed by atoms with van der Waals surface area (Å²) < 4.78 is 39.9. The molecule has 0 saturated heterocycles. The number of sulfonamides is 1. The van der Waals surface area contributed by atoms with Crippen LogP contribution in [0.4, 0.5) is 5.69 Å². The Morgan fingerprint density at radius 2 is 1.94 bits per heavy atom. The number of oxazole rings is 1. The van der Waals surface area contributed by atoms with Crippen molar-refractivity contribution in [1.29, 1.82) is 0 Å². The van der Waals surface area contributed by atoms with Crippen LogP contribution in [0.3, 0.4) is 0 Å². The second kappa shape index (κ2) is 9.17. The molecule has 1 aliphatic rings. The van der Waals surface area contributed by atoms with Crippen LogP contribution in [0.5, 0.6) is 5.75 Å². The molecule has 10 heteroatoms. The highest BCUT2D eigenvalue weighted by Crippen LogP contribution is 2.25. The second-order valence-electron chi connectivity index (χ2n) is 7.66. The molecule has 0 bridgehead atoms. The van der Waals surface area contributed by atoms with Crippen LogP contribution >= 0.6 is 0 Å². The van der Waals surface area contributed by atoms with Crippen molar-refractivity contribution >= 4 is 32.7 Å². The van der Waals surface area contributed by atoms with E-state index in [1.54, 1.807) is 24.3 Å². The molecule has 0 aliphatic heterocycles. The van der Waals surface area contributed by atoms with E-state index < -0.39 is 21.7 Å². The van der Waals surface area contributed by atoms with Crippen LogP contribution in [0.1, 0.15) is 32.6 Å². The lowest BCUT2D eigenvalue weighted by molar-refractivity contribution is -0.116. The van der Waals surface area contributed by atoms with Gasteiger partial charge in [0.15, 0.2) is 5.58 Å². The number of carbonyl (C=O) groups is 1. The van der Waals surface area contributed by atoms with Crippen molar-refractivity contribution in [2.24, 2.45) is 0 Å². The third-order valence-electron chi connectivity index (χ3n) is 5.39. The summed E-state index contributed by atoms with van der Waals surface area (Å²) in [5.41, 5.74) is 0.932. The van der Waals surface area contributed by atoms with E-state index in [0.717, 1.165) is 30.3 Å². The predicted molar refractivity (Wildman–Crippen MR) is 119 cm³/mol. The zero-order chi connectivity index (χ0) is 22.7. The van der Waals surface area contributed by atoms with Crippen LogP contribution in [0, 0.1) is 0 Å². The molecule has 3 aromatic rings. The molecule has 1 amide bonds. The lowest BCUT2D eigenvalue weighted by Crippen LogP contribution is -2.32. The molecule has 4 rings (SSSR count). The van der Waals surface area contributed by atoms with E-state index >= 15 is 0 Å². The summed E-state index contributed by atoms with van der Waals surface area (Å²) in [5, 5.41) is 2.73. The van der Waals surface area contributed by atoms with Crippen molar-refractivity contribution < 1.29 is 22.4 Å². The maximum absolute atomic E-state index is 12.7. The summed E-state index contributed by atoms with van der Waals surface area (Å²) in [6.07, 6.45) is 3.63. The fourth-order valence-electron chi connectivity index (χ4n) is 3.88. The van der Waals surface area contributed by atoms with Gasteiger partial charge in [-0.25, -0.2) is 17.9 Å². The number of anilines is 1. The quantitative estimate of drug-likeness (QED) is 0.535. The molecule has 1 aromatic heterocycles. The van der Waals surface area contributed by atoms with Crippen LogP contribution in [-0.4, -0.2) is 31.5 Å². The average Bonchev–Trinajstić information content (AvgIpc) is 3.36. The van der Waals surface area contributed by atoms with Gasteiger partial charge in [-0.05, 0) is 44.0 Å². The van der Waals surface area contributed by atoms with Crippen LogP contribution in [0.2, 0.25) is 0 Å². The first-order chi connectivity index (χ1) is 15.4. The van der Waals surface area contributed by atoms with Crippen molar-refractivity contribution in [2.45, 2.75) is 50.1 Å². The van der Waals surface area contributed by atoms with Crippen molar-refractivity contribution in [3.05, 3.63) is 53.0 Å². The normalized spacial score (nSPS) is 14.7. The summed E-state index contributed by atoms with van der Waals surface area (Å²) >= 11 is 0. The molecule has 0 unspecified atom stereocenters. The Bertz CT molecular complexity index is 1290. The molecule has 1 heterocycles. The number of ether oxygens (including phenoxy) is 1. The largest absolute Gasteiger partial charge is 0.492 e. The SMILES string of the molecule is CCOc1ccccc1NC(=O)Cn1c(=O)oc2cc(S(=O)(=O)NC3CCCC3)ccc21. The van der Waals surface area contributed by atoms with Gasteiger partial charge in [-0.15, -0.1) is 0 Å². The molecule has 2 N–H and O–H groups in total. The number of para-hydroxylation sites is 2. The van der Waals surface area contributed by atoms with Gasteiger partial charge in [0.25, 0.3) is 0 Å². The van der Waals surface area contributed by atoms with Crippen LogP contribution in [0.25, 0.3) is 11.1 Å². The zero-order valence-electron chi connectivity index (χ0n) is 17.7. The van der Waals surface area contributed by atoms with Gasteiger partial charge in [-0.2, -0.15) is 0 Å². The maximum Gasteiger partial charge on any atom is 0.420 e. The first kappa shape index (κ1) is 22.1. The van der Waals surface area contributed by atoms with Crippen molar-refractivity contribution in [1.82, 2.24) is 9.29 Å². The number of benzene rings is 2. The van der Waals surface area contributed by atoms with Gasteiger partial charge < -0.3 is 14.5 Å². The van der Waals surface area contributed by atoms with Gasteiger partial charge in [-0.3, -0.25) is 9.36 Å². The molecule has 0 spiro atoms. The molecule has 1 saturated carbocycles. The van der Waals surface area contributed by atoms with Crippen molar-refractivity contribution in [3.63, 3.8) is 0 Å². The molecule has 170 valence electrons. The molecule has 0 atom stereocenters. The van der Waals surface area contributed by atoms with Gasteiger partial charge in [0.05, 0.1) is 22.7 Å². The number of hydrogen-bond donors (Lipinski definition) is 2. The molecule has 2 aromatic carbocycles. The highest BCUT2D eigenvalue weighted by atomic mass is 32.2. The van der Waals surface area contributed by atoms with Crippen molar-refractivity contribution in [2.75, 3.05) is 11.9 Å². The Labute approximate surface area is 185 Å². The minimum absolute atomic E-state index is 0.0212. The van der Waals surface area contributed by atoms with Crippen LogP contribution in [0.15, 0.2) is 56.6 Å². The maximum atomic E-state index is 12.7. The lowest BCUT2D eigenvalue weighted by atomic mass is 10.3. The van der Waals surface area contributed by atoms with E-state index in [-0.39, 0.29) is 23.1 Å². The minimum atomic E-state index is -3.73. The summed E-state index contributed by atoms with van der Waals surface area (Å²) in [6.45, 7) is 1.99. The first-order valence-corrected chi connectivity index (χ1v) is 12.0. The van der Waals surface area contributed by atoms with Gasteiger partial charge in [-0.1, -0.05) is 25.0 Å². The second-order valence-corrected chi connectivity index (χ2v) is 9.38. The minimum Gasteiger partial charge on any atom is -0.492 e. The van der Waals surface area contributed by atoms with E-state index in [9.17, 15) is 18.0 Å². The number of fused-ring (bicyclic) bond motifs is 1. The van der Waals surface area contributed by atoms with Gasteiger partial charge in [0, 0.05) is 12.1 Å². The average molecular weight is 460 g/mol. The standard InChI is InChI=1S/C22H25N3O6S/c1-2-30-19-10-6-5-9-17(19)23-21(26)14-25-18-12-11-16(13-20(18)31-22(25)27)32(28,29)24-15-7-3-4-8-15/h5-6,9-13,15,24H,2-4,7-8,14H2,1H3,(H,23,26). The van der Waals surface area contributed by atoms with Gasteiger partial charge in [0.2, 0.25) is 15.9 Å². The molecule has 32 heavy (non-hydrogen) atoms. The molecular weight excluding hydrogens is 434 g/mol. The molecule has 1 aliphatic carbocycles. The number of amides is 1. The van der Waals surface area contributed by atoms with Crippen molar-refractivity contribution in [3.8, 4) is 5.75 Å². The Hall–Kier alpha value is -3.11. The van der Waals surface area contributed by atoms with Gasteiger partial charge in [0.1, 0.15) is 12.3 Å².